The third kappa shape index (κ3) is 2.03. The van der Waals surface area contributed by atoms with E-state index in [9.17, 15) is 9.90 Å². The van der Waals surface area contributed by atoms with Crippen molar-refractivity contribution >= 4 is 11.8 Å². The van der Waals surface area contributed by atoms with Crippen molar-refractivity contribution < 1.29 is 19.4 Å². The van der Waals surface area contributed by atoms with Crippen LogP contribution < -0.4 is 4.90 Å². The molecule has 0 bridgehead atoms. The number of fused-ring (bicyclic) bond motifs is 1. The number of hydrogen-bond donors (Lipinski definition) is 1. The van der Waals surface area contributed by atoms with Gasteiger partial charge in [0.2, 0.25) is 0 Å². The van der Waals surface area contributed by atoms with Gasteiger partial charge in [-0.3, -0.25) is 4.79 Å². The van der Waals surface area contributed by atoms with Gasteiger partial charge in [-0.1, -0.05) is 0 Å². The Balaban J connectivity index is 1.83. The van der Waals surface area contributed by atoms with Crippen LogP contribution in [0.25, 0.3) is 0 Å². The monoisotopic (exact) mass is 279 g/mol. The maximum Gasteiger partial charge on any atom is 0.314 e. The highest BCUT2D eigenvalue weighted by molar-refractivity contribution is 5.78. The number of hydrogen-bond acceptors (Lipinski definition) is 6. The van der Waals surface area contributed by atoms with Gasteiger partial charge in [0.1, 0.15) is 17.6 Å². The predicted molar refractivity (Wildman–Crippen MR) is 69.3 cm³/mol. The van der Waals surface area contributed by atoms with Crippen LogP contribution >= 0.6 is 0 Å². The molecular weight excluding hydrogens is 262 g/mol. The van der Waals surface area contributed by atoms with Crippen LogP contribution in [0.2, 0.25) is 0 Å². The lowest BCUT2D eigenvalue weighted by Gasteiger charge is -2.22. The molecule has 2 fully saturated rings. The maximum absolute atomic E-state index is 11.6. The van der Waals surface area contributed by atoms with Gasteiger partial charge >= 0.3 is 5.97 Å². The summed E-state index contributed by atoms with van der Waals surface area (Å²) >= 11 is 0. The molecular formula is C13H17N3O4. The Bertz CT molecular complexity index is 524. The van der Waals surface area contributed by atoms with E-state index >= 15 is 0 Å². The summed E-state index contributed by atoms with van der Waals surface area (Å²) < 4.78 is 10.4. The third-order valence-electron chi connectivity index (χ3n) is 4.13. The van der Waals surface area contributed by atoms with Gasteiger partial charge in [0, 0.05) is 32.2 Å². The van der Waals surface area contributed by atoms with Crippen LogP contribution in [-0.2, 0) is 20.9 Å². The Morgan fingerprint density at radius 2 is 2.50 bits per heavy atom. The normalized spacial score (nSPS) is 28.6. The number of carboxylic acids is 1. The summed E-state index contributed by atoms with van der Waals surface area (Å²) in [6.07, 6.45) is 1.49. The summed E-state index contributed by atoms with van der Waals surface area (Å²) in [5.41, 5.74) is -0.0120. The first-order chi connectivity index (χ1) is 9.65. The van der Waals surface area contributed by atoms with Crippen LogP contribution in [0.5, 0.6) is 0 Å². The second-order valence-electron chi connectivity index (χ2n) is 5.35. The summed E-state index contributed by atoms with van der Waals surface area (Å²) in [5.74, 6) is -0.0170. The van der Waals surface area contributed by atoms with Crippen LogP contribution in [0.15, 0.2) is 12.4 Å². The SMILES string of the molecule is COCc1cc(N2C[C@@H]3COC[C@]3(C(=O)O)C2)ncn1. The molecule has 2 atom stereocenters. The van der Waals surface area contributed by atoms with Crippen molar-refractivity contribution in [2.75, 3.05) is 38.3 Å². The number of carbonyl (C=O) groups is 1. The second kappa shape index (κ2) is 4.99. The van der Waals surface area contributed by atoms with Gasteiger partial charge in [0.25, 0.3) is 0 Å². The summed E-state index contributed by atoms with van der Waals surface area (Å²) in [5, 5.41) is 9.52. The van der Waals surface area contributed by atoms with Crippen molar-refractivity contribution in [3.63, 3.8) is 0 Å². The van der Waals surface area contributed by atoms with E-state index in [1.54, 1.807) is 7.11 Å². The highest BCUT2D eigenvalue weighted by Crippen LogP contribution is 2.42. The van der Waals surface area contributed by atoms with E-state index in [0.717, 1.165) is 11.5 Å². The van der Waals surface area contributed by atoms with Crippen LogP contribution in [0.3, 0.4) is 0 Å². The lowest BCUT2D eigenvalue weighted by atomic mass is 9.81. The number of anilines is 1. The summed E-state index contributed by atoms with van der Waals surface area (Å²) in [4.78, 5) is 22.0. The Morgan fingerprint density at radius 3 is 3.20 bits per heavy atom. The number of rotatable bonds is 4. The lowest BCUT2D eigenvalue weighted by Crippen LogP contribution is -2.39. The zero-order valence-corrected chi connectivity index (χ0v) is 11.3. The predicted octanol–water partition coefficient (Wildman–Crippen LogP) is 0.160. The molecule has 0 aromatic carbocycles. The molecule has 2 aliphatic heterocycles. The Kier molecular flexibility index (Phi) is 3.31. The standard InChI is InChI=1S/C13H17N3O4/c1-19-5-10-2-11(15-8-14-10)16-3-9-4-20-7-13(9,6-16)12(17)18/h2,8-9H,3-7H2,1H3,(H,17,18)/t9-,13-/m1/s1. The number of nitrogens with zero attached hydrogens (tertiary/aromatic N) is 3. The molecule has 0 unspecified atom stereocenters. The van der Waals surface area contributed by atoms with Crippen molar-refractivity contribution in [2.45, 2.75) is 6.61 Å². The van der Waals surface area contributed by atoms with E-state index in [2.05, 4.69) is 9.97 Å². The smallest absolute Gasteiger partial charge is 0.314 e. The topological polar surface area (TPSA) is 84.8 Å². The average Bonchev–Trinajstić information content (AvgIpc) is 2.97. The molecule has 0 amide bonds. The lowest BCUT2D eigenvalue weighted by molar-refractivity contribution is -0.149. The molecule has 2 aliphatic rings. The van der Waals surface area contributed by atoms with Crippen LogP contribution in [0.1, 0.15) is 5.69 Å². The average molecular weight is 279 g/mol. The van der Waals surface area contributed by atoms with Crippen molar-refractivity contribution in [3.05, 3.63) is 18.1 Å². The maximum atomic E-state index is 11.6. The molecule has 3 rings (SSSR count). The minimum absolute atomic E-state index is 0.0147. The number of carboxylic acid groups (broad SMARTS) is 1. The quantitative estimate of drug-likeness (QED) is 0.840. The Labute approximate surface area is 116 Å². The van der Waals surface area contributed by atoms with Crippen molar-refractivity contribution in [1.29, 1.82) is 0 Å². The second-order valence-corrected chi connectivity index (χ2v) is 5.35. The molecule has 1 aromatic rings. The highest BCUT2D eigenvalue weighted by Gasteiger charge is 2.56. The van der Waals surface area contributed by atoms with E-state index in [4.69, 9.17) is 9.47 Å². The molecule has 0 aliphatic carbocycles. The number of aliphatic carboxylic acids is 1. The molecule has 7 heteroatoms. The summed E-state index contributed by atoms with van der Waals surface area (Å²) in [6, 6.07) is 1.85. The number of ether oxygens (including phenoxy) is 2. The third-order valence-corrected chi connectivity index (χ3v) is 4.13. The first-order valence-electron chi connectivity index (χ1n) is 6.51. The fourth-order valence-corrected chi connectivity index (χ4v) is 3.00. The van der Waals surface area contributed by atoms with E-state index in [-0.39, 0.29) is 12.5 Å². The van der Waals surface area contributed by atoms with Crippen molar-refractivity contribution in [3.8, 4) is 0 Å². The molecule has 1 aromatic heterocycles. The number of methoxy groups -OCH3 is 1. The van der Waals surface area contributed by atoms with E-state index in [1.807, 2.05) is 11.0 Å². The van der Waals surface area contributed by atoms with E-state index in [0.29, 0.717) is 26.3 Å². The van der Waals surface area contributed by atoms with Gasteiger partial charge in [0.05, 0.1) is 25.5 Å². The zero-order valence-electron chi connectivity index (χ0n) is 11.3. The molecule has 1 N–H and O–H groups in total. The van der Waals surface area contributed by atoms with Gasteiger partial charge < -0.3 is 19.5 Å². The fraction of sp³-hybridized carbons (Fsp3) is 0.615. The minimum atomic E-state index is -0.799. The van der Waals surface area contributed by atoms with Crippen LogP contribution in [0.4, 0.5) is 5.82 Å². The largest absolute Gasteiger partial charge is 0.481 e. The molecule has 3 heterocycles. The fourth-order valence-electron chi connectivity index (χ4n) is 3.00. The Morgan fingerprint density at radius 1 is 1.65 bits per heavy atom. The minimum Gasteiger partial charge on any atom is -0.481 e. The van der Waals surface area contributed by atoms with Gasteiger partial charge in [-0.2, -0.15) is 0 Å². The zero-order chi connectivity index (χ0) is 14.2. The van der Waals surface area contributed by atoms with Gasteiger partial charge in [0.15, 0.2) is 0 Å². The molecule has 0 saturated carbocycles. The molecule has 0 radical (unpaired) electrons. The Hall–Kier alpha value is -1.73. The first kappa shape index (κ1) is 13.3. The highest BCUT2D eigenvalue weighted by atomic mass is 16.5. The molecule has 20 heavy (non-hydrogen) atoms. The summed E-state index contributed by atoms with van der Waals surface area (Å²) in [7, 11) is 1.61. The molecule has 2 saturated heterocycles. The molecule has 108 valence electrons. The van der Waals surface area contributed by atoms with Gasteiger partial charge in [-0.15, -0.1) is 0 Å². The van der Waals surface area contributed by atoms with Gasteiger partial charge in [-0.25, -0.2) is 9.97 Å². The first-order valence-corrected chi connectivity index (χ1v) is 6.51. The van der Waals surface area contributed by atoms with E-state index < -0.39 is 11.4 Å². The van der Waals surface area contributed by atoms with E-state index in [1.165, 1.54) is 6.33 Å². The molecule has 0 spiro atoms. The van der Waals surface area contributed by atoms with Crippen LogP contribution in [0, 0.1) is 11.3 Å². The summed E-state index contributed by atoms with van der Waals surface area (Å²) in [6.45, 7) is 2.27. The van der Waals surface area contributed by atoms with Gasteiger partial charge in [-0.05, 0) is 0 Å². The van der Waals surface area contributed by atoms with Crippen molar-refractivity contribution in [2.24, 2.45) is 11.3 Å². The van der Waals surface area contributed by atoms with Crippen LogP contribution in [-0.4, -0.2) is 54.5 Å². The van der Waals surface area contributed by atoms with Crippen molar-refractivity contribution in [1.82, 2.24) is 9.97 Å². The molecule has 7 nitrogen and oxygen atoms in total. The number of aromatic nitrogens is 2.